The standard InChI is InChI=1S/C24H25NO4/c1-16(13-17-7-3-2-4-8-17)29-23(26)15-25-21-10-6-5-9-19(21)20-14-18(24(27)28)11-12-22(20)25/h2-10,16,18H,11-15H2,1H3,(H,27,28). The first-order chi connectivity index (χ1) is 14.0. The van der Waals surface area contributed by atoms with Crippen LogP contribution in [0.25, 0.3) is 10.9 Å². The Morgan fingerprint density at radius 3 is 2.62 bits per heavy atom. The van der Waals surface area contributed by atoms with Crippen molar-refractivity contribution in [3.05, 3.63) is 71.4 Å². The maximum absolute atomic E-state index is 12.7. The number of hydrogen-bond acceptors (Lipinski definition) is 3. The van der Waals surface area contributed by atoms with Gasteiger partial charge in [-0.2, -0.15) is 0 Å². The van der Waals surface area contributed by atoms with Crippen molar-refractivity contribution in [1.29, 1.82) is 0 Å². The fourth-order valence-corrected chi connectivity index (χ4v) is 4.37. The number of para-hydroxylation sites is 1. The summed E-state index contributed by atoms with van der Waals surface area (Å²) in [6.45, 7) is 2.05. The second-order valence-corrected chi connectivity index (χ2v) is 7.80. The Hall–Kier alpha value is -3.08. The summed E-state index contributed by atoms with van der Waals surface area (Å²) in [4.78, 5) is 24.2. The number of aliphatic carboxylic acids is 1. The summed E-state index contributed by atoms with van der Waals surface area (Å²) in [5.41, 5.74) is 4.23. The summed E-state index contributed by atoms with van der Waals surface area (Å²) >= 11 is 0. The fourth-order valence-electron chi connectivity index (χ4n) is 4.37. The highest BCUT2D eigenvalue weighted by Gasteiger charge is 2.29. The molecular weight excluding hydrogens is 366 g/mol. The van der Waals surface area contributed by atoms with Gasteiger partial charge >= 0.3 is 11.9 Å². The summed E-state index contributed by atoms with van der Waals surface area (Å²) in [6, 6.07) is 17.9. The van der Waals surface area contributed by atoms with Crippen LogP contribution in [0.4, 0.5) is 0 Å². The second kappa shape index (κ2) is 8.11. The number of rotatable bonds is 6. The van der Waals surface area contributed by atoms with Crippen molar-refractivity contribution in [1.82, 2.24) is 4.57 Å². The normalized spacial score (nSPS) is 16.9. The molecule has 2 unspecified atom stereocenters. The molecule has 0 saturated heterocycles. The third-order valence-corrected chi connectivity index (χ3v) is 5.71. The SMILES string of the molecule is CC(Cc1ccccc1)OC(=O)Cn1c2c(c3ccccc31)CC(C(=O)O)CC2. The average molecular weight is 391 g/mol. The maximum atomic E-state index is 12.7. The highest BCUT2D eigenvalue weighted by Crippen LogP contribution is 2.34. The smallest absolute Gasteiger partial charge is 0.326 e. The van der Waals surface area contributed by atoms with Crippen LogP contribution < -0.4 is 0 Å². The molecule has 0 aliphatic heterocycles. The van der Waals surface area contributed by atoms with Gasteiger partial charge in [-0.1, -0.05) is 48.5 Å². The maximum Gasteiger partial charge on any atom is 0.326 e. The summed E-state index contributed by atoms with van der Waals surface area (Å²) in [5.74, 6) is -1.38. The molecule has 150 valence electrons. The molecule has 0 amide bonds. The third-order valence-electron chi connectivity index (χ3n) is 5.71. The van der Waals surface area contributed by atoms with E-state index in [9.17, 15) is 14.7 Å². The summed E-state index contributed by atoms with van der Waals surface area (Å²) in [7, 11) is 0. The van der Waals surface area contributed by atoms with Crippen LogP contribution in [0.3, 0.4) is 0 Å². The van der Waals surface area contributed by atoms with E-state index in [0.717, 1.165) is 27.7 Å². The minimum absolute atomic E-state index is 0.146. The molecule has 1 aliphatic rings. The van der Waals surface area contributed by atoms with Crippen LogP contribution in [-0.4, -0.2) is 27.7 Å². The summed E-state index contributed by atoms with van der Waals surface area (Å²) in [6.07, 6.45) is 2.24. The molecule has 4 rings (SSSR count). The van der Waals surface area contributed by atoms with Crippen LogP contribution in [0.2, 0.25) is 0 Å². The minimum Gasteiger partial charge on any atom is -0.481 e. The lowest BCUT2D eigenvalue weighted by Crippen LogP contribution is -2.25. The molecule has 1 aromatic heterocycles. The second-order valence-electron chi connectivity index (χ2n) is 7.80. The van der Waals surface area contributed by atoms with E-state index in [1.165, 1.54) is 0 Å². The quantitative estimate of drug-likeness (QED) is 0.645. The zero-order chi connectivity index (χ0) is 20.4. The molecule has 2 aromatic carbocycles. The number of nitrogens with zero attached hydrogens (tertiary/aromatic N) is 1. The molecular formula is C24H25NO4. The molecule has 3 aromatic rings. The number of hydrogen-bond donors (Lipinski definition) is 1. The largest absolute Gasteiger partial charge is 0.481 e. The summed E-state index contributed by atoms with van der Waals surface area (Å²) < 4.78 is 7.69. The fraction of sp³-hybridized carbons (Fsp3) is 0.333. The topological polar surface area (TPSA) is 68.5 Å². The molecule has 1 N–H and O–H groups in total. The number of carboxylic acids is 1. The van der Waals surface area contributed by atoms with E-state index in [4.69, 9.17) is 4.74 Å². The Morgan fingerprint density at radius 1 is 1.14 bits per heavy atom. The number of fused-ring (bicyclic) bond motifs is 3. The number of carbonyl (C=O) groups excluding carboxylic acids is 1. The van der Waals surface area contributed by atoms with Gasteiger partial charge in [0, 0.05) is 23.0 Å². The predicted octanol–water partition coefficient (Wildman–Crippen LogP) is 4.01. The Bertz CT molecular complexity index is 1040. The number of ether oxygens (including phenoxy) is 1. The van der Waals surface area contributed by atoms with E-state index >= 15 is 0 Å². The van der Waals surface area contributed by atoms with Gasteiger partial charge in [0.15, 0.2) is 0 Å². The first kappa shape index (κ1) is 19.2. The van der Waals surface area contributed by atoms with E-state index < -0.39 is 5.97 Å². The number of benzene rings is 2. The van der Waals surface area contributed by atoms with Gasteiger partial charge in [0.05, 0.1) is 5.92 Å². The first-order valence-corrected chi connectivity index (χ1v) is 10.1. The van der Waals surface area contributed by atoms with Gasteiger partial charge in [-0.05, 0) is 43.4 Å². The first-order valence-electron chi connectivity index (χ1n) is 10.1. The van der Waals surface area contributed by atoms with E-state index in [0.29, 0.717) is 25.7 Å². The van der Waals surface area contributed by atoms with Crippen LogP contribution in [0, 0.1) is 5.92 Å². The molecule has 0 bridgehead atoms. The van der Waals surface area contributed by atoms with Crippen LogP contribution >= 0.6 is 0 Å². The minimum atomic E-state index is -0.748. The molecule has 29 heavy (non-hydrogen) atoms. The average Bonchev–Trinajstić information content (AvgIpc) is 3.02. The van der Waals surface area contributed by atoms with Gasteiger partial charge in [-0.25, -0.2) is 0 Å². The zero-order valence-corrected chi connectivity index (χ0v) is 16.5. The number of carbonyl (C=O) groups is 2. The lowest BCUT2D eigenvalue weighted by atomic mass is 9.86. The van der Waals surface area contributed by atoms with Crippen LogP contribution in [0.5, 0.6) is 0 Å². The molecule has 0 spiro atoms. The van der Waals surface area contributed by atoms with Crippen LogP contribution in [-0.2, 0) is 40.1 Å². The van der Waals surface area contributed by atoms with E-state index in [-0.39, 0.29) is 24.5 Å². The third kappa shape index (κ3) is 4.04. The zero-order valence-electron chi connectivity index (χ0n) is 16.5. The Kier molecular flexibility index (Phi) is 5.38. The molecule has 0 saturated carbocycles. The number of aromatic nitrogens is 1. The van der Waals surface area contributed by atoms with Crippen molar-refractivity contribution in [3.8, 4) is 0 Å². The van der Waals surface area contributed by atoms with Gasteiger partial charge in [0.2, 0.25) is 0 Å². The molecule has 5 heteroatoms. The number of esters is 1. The lowest BCUT2D eigenvalue weighted by Gasteiger charge is -2.21. The van der Waals surface area contributed by atoms with E-state index in [1.807, 2.05) is 66.1 Å². The Balaban J connectivity index is 1.54. The van der Waals surface area contributed by atoms with Crippen LogP contribution in [0.15, 0.2) is 54.6 Å². The summed E-state index contributed by atoms with van der Waals surface area (Å²) in [5, 5.41) is 10.5. The van der Waals surface area contributed by atoms with Gasteiger partial charge in [-0.3, -0.25) is 9.59 Å². The van der Waals surface area contributed by atoms with Crippen molar-refractivity contribution in [2.75, 3.05) is 0 Å². The molecule has 0 fully saturated rings. The van der Waals surface area contributed by atoms with Crippen molar-refractivity contribution in [2.45, 2.75) is 45.3 Å². The van der Waals surface area contributed by atoms with Crippen molar-refractivity contribution < 1.29 is 19.4 Å². The van der Waals surface area contributed by atoms with E-state index in [2.05, 4.69) is 0 Å². The van der Waals surface area contributed by atoms with Crippen molar-refractivity contribution in [3.63, 3.8) is 0 Å². The number of carboxylic acid groups (broad SMARTS) is 1. The molecule has 5 nitrogen and oxygen atoms in total. The predicted molar refractivity (Wildman–Crippen MR) is 111 cm³/mol. The Morgan fingerprint density at radius 2 is 1.86 bits per heavy atom. The lowest BCUT2D eigenvalue weighted by molar-refractivity contribution is -0.149. The highest BCUT2D eigenvalue weighted by molar-refractivity contribution is 5.88. The van der Waals surface area contributed by atoms with Gasteiger partial charge in [0.25, 0.3) is 0 Å². The monoisotopic (exact) mass is 391 g/mol. The van der Waals surface area contributed by atoms with Gasteiger partial charge in [-0.15, -0.1) is 0 Å². The van der Waals surface area contributed by atoms with Crippen molar-refractivity contribution in [2.24, 2.45) is 5.92 Å². The van der Waals surface area contributed by atoms with Crippen LogP contribution in [0.1, 0.15) is 30.2 Å². The van der Waals surface area contributed by atoms with Gasteiger partial charge < -0.3 is 14.4 Å². The molecule has 1 aliphatic carbocycles. The molecule has 0 radical (unpaired) electrons. The van der Waals surface area contributed by atoms with Crippen molar-refractivity contribution >= 4 is 22.8 Å². The molecule has 2 atom stereocenters. The molecule has 1 heterocycles. The van der Waals surface area contributed by atoms with E-state index in [1.54, 1.807) is 0 Å². The van der Waals surface area contributed by atoms with Gasteiger partial charge in [0.1, 0.15) is 12.6 Å². The Labute approximate surface area is 169 Å². The highest BCUT2D eigenvalue weighted by atomic mass is 16.5.